The number of carbonyl (C=O) groups is 2. The highest BCUT2D eigenvalue weighted by atomic mass is 35.5. The summed E-state index contributed by atoms with van der Waals surface area (Å²) in [5.41, 5.74) is 1.87. The van der Waals surface area contributed by atoms with Gasteiger partial charge < -0.3 is 5.32 Å². The van der Waals surface area contributed by atoms with Crippen molar-refractivity contribution in [3.8, 4) is 0 Å². The van der Waals surface area contributed by atoms with Crippen molar-refractivity contribution < 1.29 is 18.0 Å². The minimum absolute atomic E-state index is 0.00591. The largest absolute Gasteiger partial charge is 0.342 e. The van der Waals surface area contributed by atoms with E-state index < -0.39 is 16.1 Å². The zero-order chi connectivity index (χ0) is 24.1. The number of hydrogen-bond acceptors (Lipinski definition) is 4. The number of rotatable bonds is 10. The molecule has 0 saturated heterocycles. The van der Waals surface area contributed by atoms with E-state index in [9.17, 15) is 18.0 Å². The van der Waals surface area contributed by atoms with E-state index in [2.05, 4.69) is 10.0 Å². The minimum atomic E-state index is -3.62. The molecular formula is C26H25ClN2O4S. The fraction of sp³-hybridized carbons (Fsp3) is 0.231. The smallest absolute Gasteiger partial charge is 0.251 e. The maximum atomic E-state index is 13.3. The number of carbonyl (C=O) groups excluding carboxylic acids is 2. The summed E-state index contributed by atoms with van der Waals surface area (Å²) in [6.07, 6.45) is 1.99. The lowest BCUT2D eigenvalue weighted by atomic mass is 9.97. The molecule has 1 amide bonds. The van der Waals surface area contributed by atoms with E-state index in [1.165, 1.54) is 12.1 Å². The van der Waals surface area contributed by atoms with Gasteiger partial charge in [-0.15, -0.1) is 0 Å². The molecular weight excluding hydrogens is 472 g/mol. The van der Waals surface area contributed by atoms with Crippen LogP contribution in [-0.4, -0.2) is 32.2 Å². The lowest BCUT2D eigenvalue weighted by molar-refractivity contribution is -0.120. The molecule has 0 heterocycles. The molecule has 1 saturated carbocycles. The molecule has 0 aromatic heterocycles. The second-order valence-corrected chi connectivity index (χ2v) is 10.6. The number of hydrogen-bond donors (Lipinski definition) is 2. The lowest BCUT2D eigenvalue weighted by Gasteiger charge is -2.18. The zero-order valence-corrected chi connectivity index (χ0v) is 20.0. The number of ketones is 1. The zero-order valence-electron chi connectivity index (χ0n) is 18.4. The highest BCUT2D eigenvalue weighted by Crippen LogP contribution is 2.23. The van der Waals surface area contributed by atoms with Crippen molar-refractivity contribution in [3.63, 3.8) is 0 Å². The molecule has 0 bridgehead atoms. The van der Waals surface area contributed by atoms with Crippen LogP contribution in [0.1, 0.15) is 34.3 Å². The Morgan fingerprint density at radius 2 is 1.59 bits per heavy atom. The fourth-order valence-electron chi connectivity index (χ4n) is 3.57. The Balaban J connectivity index is 1.52. The number of nitrogens with one attached hydrogen (secondary N) is 2. The normalized spacial score (nSPS) is 14.4. The van der Waals surface area contributed by atoms with Gasteiger partial charge >= 0.3 is 0 Å². The third-order valence-corrected chi connectivity index (χ3v) is 7.34. The number of sulfonamides is 1. The van der Waals surface area contributed by atoms with Gasteiger partial charge in [0, 0.05) is 23.0 Å². The topological polar surface area (TPSA) is 92.3 Å². The standard InChI is InChI=1S/C26H25ClN2O4S/c27-21-11-9-20(10-12-21)26(31)28-24(16-18-5-2-1-3-6-18)25(30)17-19-7-4-8-23(15-19)34(32,33)29-22-13-14-22/h1-12,15,22,24,29H,13-14,16-17H2,(H,28,31). The summed E-state index contributed by atoms with van der Waals surface area (Å²) < 4.78 is 27.8. The molecule has 1 unspecified atom stereocenters. The minimum Gasteiger partial charge on any atom is -0.342 e. The Kier molecular flexibility index (Phi) is 7.46. The van der Waals surface area contributed by atoms with Gasteiger partial charge in [-0.25, -0.2) is 13.1 Å². The van der Waals surface area contributed by atoms with E-state index in [0.29, 0.717) is 22.6 Å². The molecule has 0 radical (unpaired) electrons. The number of amides is 1. The number of benzene rings is 3. The molecule has 0 aliphatic heterocycles. The van der Waals surface area contributed by atoms with E-state index in [0.717, 1.165) is 18.4 Å². The molecule has 34 heavy (non-hydrogen) atoms. The number of Topliss-reactive ketones (excluding diaryl/α,β-unsaturated/α-hetero) is 1. The number of halogens is 1. The molecule has 1 aliphatic rings. The SMILES string of the molecule is O=C(NC(Cc1ccccc1)C(=O)Cc1cccc(S(=O)(=O)NC2CC2)c1)c1ccc(Cl)cc1. The molecule has 4 rings (SSSR count). The van der Waals surface area contributed by atoms with Crippen molar-refractivity contribution in [2.45, 2.75) is 42.7 Å². The van der Waals surface area contributed by atoms with Gasteiger partial charge in [-0.1, -0.05) is 54.1 Å². The van der Waals surface area contributed by atoms with Crippen LogP contribution in [-0.2, 0) is 27.7 Å². The second kappa shape index (κ2) is 10.5. The maximum absolute atomic E-state index is 13.3. The van der Waals surface area contributed by atoms with Gasteiger partial charge in [0.15, 0.2) is 5.78 Å². The van der Waals surface area contributed by atoms with Crippen molar-refractivity contribution in [2.24, 2.45) is 0 Å². The summed E-state index contributed by atoms with van der Waals surface area (Å²) in [5.74, 6) is -0.591. The lowest BCUT2D eigenvalue weighted by Crippen LogP contribution is -2.43. The predicted octanol–water partition coefficient (Wildman–Crippen LogP) is 3.93. The van der Waals surface area contributed by atoms with Gasteiger partial charge in [-0.05, 0) is 66.8 Å². The van der Waals surface area contributed by atoms with E-state index in [1.54, 1.807) is 36.4 Å². The average molecular weight is 497 g/mol. The molecule has 1 aliphatic carbocycles. The molecule has 0 spiro atoms. The highest BCUT2D eigenvalue weighted by molar-refractivity contribution is 7.89. The Labute approximate surface area is 204 Å². The van der Waals surface area contributed by atoms with E-state index in [1.807, 2.05) is 30.3 Å². The van der Waals surface area contributed by atoms with Crippen LogP contribution >= 0.6 is 11.6 Å². The Morgan fingerprint density at radius 1 is 0.912 bits per heavy atom. The maximum Gasteiger partial charge on any atom is 0.251 e. The van der Waals surface area contributed by atoms with E-state index in [4.69, 9.17) is 11.6 Å². The molecule has 2 N–H and O–H groups in total. The van der Waals surface area contributed by atoms with Gasteiger partial charge in [0.2, 0.25) is 10.0 Å². The molecule has 1 fully saturated rings. The van der Waals surface area contributed by atoms with Crippen LogP contribution in [0.3, 0.4) is 0 Å². The van der Waals surface area contributed by atoms with Crippen LogP contribution < -0.4 is 10.0 Å². The second-order valence-electron chi connectivity index (χ2n) is 8.41. The van der Waals surface area contributed by atoms with Gasteiger partial charge in [0.1, 0.15) is 0 Å². The van der Waals surface area contributed by atoms with E-state index >= 15 is 0 Å². The Bertz CT molecular complexity index is 1270. The van der Waals surface area contributed by atoms with Gasteiger partial charge in [-0.2, -0.15) is 0 Å². The first-order valence-electron chi connectivity index (χ1n) is 11.0. The third kappa shape index (κ3) is 6.53. The van der Waals surface area contributed by atoms with Gasteiger partial charge in [0.25, 0.3) is 5.91 Å². The monoisotopic (exact) mass is 496 g/mol. The van der Waals surface area contributed by atoms with Crippen LogP contribution in [0.15, 0.2) is 83.8 Å². The van der Waals surface area contributed by atoms with E-state index in [-0.39, 0.29) is 29.0 Å². The summed E-state index contributed by atoms with van der Waals surface area (Å²) in [6, 6.07) is 21.4. The molecule has 3 aromatic rings. The summed E-state index contributed by atoms with van der Waals surface area (Å²) in [4.78, 5) is 26.2. The van der Waals surface area contributed by atoms with Crippen LogP contribution in [0.25, 0.3) is 0 Å². The highest BCUT2D eigenvalue weighted by Gasteiger charge is 2.28. The van der Waals surface area contributed by atoms with Crippen LogP contribution in [0.5, 0.6) is 0 Å². The van der Waals surface area contributed by atoms with Gasteiger partial charge in [0.05, 0.1) is 10.9 Å². The van der Waals surface area contributed by atoms with Crippen molar-refractivity contribution >= 4 is 33.3 Å². The van der Waals surface area contributed by atoms with Crippen LogP contribution in [0.4, 0.5) is 0 Å². The summed E-state index contributed by atoms with van der Waals surface area (Å²) >= 11 is 5.91. The first kappa shape index (κ1) is 24.1. The third-order valence-electron chi connectivity index (χ3n) is 5.57. The summed E-state index contributed by atoms with van der Waals surface area (Å²) in [6.45, 7) is 0. The average Bonchev–Trinajstić information content (AvgIpc) is 3.63. The quantitative estimate of drug-likeness (QED) is 0.445. The molecule has 176 valence electrons. The Hall–Kier alpha value is -3.00. The van der Waals surface area contributed by atoms with Crippen molar-refractivity contribution in [1.29, 1.82) is 0 Å². The summed E-state index contributed by atoms with van der Waals surface area (Å²) in [5, 5.41) is 3.35. The fourth-order valence-corrected chi connectivity index (χ4v) is 5.07. The molecule has 6 nitrogen and oxygen atoms in total. The molecule has 3 aromatic carbocycles. The van der Waals surface area contributed by atoms with Crippen LogP contribution in [0, 0.1) is 0 Å². The first-order chi connectivity index (χ1) is 16.3. The summed E-state index contributed by atoms with van der Waals surface area (Å²) in [7, 11) is -3.62. The van der Waals surface area contributed by atoms with Gasteiger partial charge in [-0.3, -0.25) is 9.59 Å². The molecule has 8 heteroatoms. The predicted molar refractivity (Wildman–Crippen MR) is 131 cm³/mol. The molecule has 1 atom stereocenters. The van der Waals surface area contributed by atoms with Crippen molar-refractivity contribution in [2.75, 3.05) is 0 Å². The van der Waals surface area contributed by atoms with Crippen molar-refractivity contribution in [3.05, 3.63) is 101 Å². The van der Waals surface area contributed by atoms with Crippen LogP contribution in [0.2, 0.25) is 5.02 Å². The first-order valence-corrected chi connectivity index (χ1v) is 12.9. The Morgan fingerprint density at radius 3 is 2.26 bits per heavy atom. The van der Waals surface area contributed by atoms with Crippen molar-refractivity contribution in [1.82, 2.24) is 10.0 Å².